The molecular formula is C25H29N3O4. The number of aliphatic imine (C=N–C) groups is 1. The van der Waals surface area contributed by atoms with Crippen molar-refractivity contribution in [2.75, 3.05) is 26.3 Å². The standard InChI is InChI=1S/C25H29N3O4/c1-4-31-20-11-10-19(16-21(20)32-5-2)24(30)28-14-12-25(13-15-28)26-22(23(29)27-25)18-8-6-17(3)7-9-18/h6-11,16H,4-5,12-15H2,1-3H3,(H,27,29). The molecule has 4 rings (SSSR count). The smallest absolute Gasteiger partial charge is 0.272 e. The van der Waals surface area contributed by atoms with Gasteiger partial charge in [-0.05, 0) is 39.0 Å². The Kier molecular flexibility index (Phi) is 6.17. The molecule has 0 saturated carbocycles. The number of nitrogens with zero attached hydrogens (tertiary/aromatic N) is 2. The molecule has 7 heteroatoms. The van der Waals surface area contributed by atoms with E-state index in [4.69, 9.17) is 14.5 Å². The highest BCUT2D eigenvalue weighted by Gasteiger charge is 2.43. The zero-order valence-electron chi connectivity index (χ0n) is 18.8. The van der Waals surface area contributed by atoms with Gasteiger partial charge in [-0.3, -0.25) is 14.6 Å². The highest BCUT2D eigenvalue weighted by molar-refractivity contribution is 6.46. The second kappa shape index (κ2) is 9.02. The van der Waals surface area contributed by atoms with Crippen LogP contribution in [0.5, 0.6) is 11.5 Å². The van der Waals surface area contributed by atoms with E-state index in [0.717, 1.165) is 11.1 Å². The van der Waals surface area contributed by atoms with Crippen LogP contribution in [-0.2, 0) is 4.79 Å². The normalized spacial score (nSPS) is 17.2. The maximum atomic E-state index is 13.1. The zero-order valence-corrected chi connectivity index (χ0v) is 18.8. The van der Waals surface area contributed by atoms with Gasteiger partial charge in [0.2, 0.25) is 0 Å². The molecule has 2 amide bonds. The van der Waals surface area contributed by atoms with Crippen molar-refractivity contribution in [3.63, 3.8) is 0 Å². The van der Waals surface area contributed by atoms with Gasteiger partial charge in [-0.2, -0.15) is 0 Å². The van der Waals surface area contributed by atoms with Crippen LogP contribution in [0, 0.1) is 6.92 Å². The van der Waals surface area contributed by atoms with Crippen LogP contribution in [0.3, 0.4) is 0 Å². The van der Waals surface area contributed by atoms with Crippen molar-refractivity contribution in [1.29, 1.82) is 0 Å². The molecule has 1 fully saturated rings. The van der Waals surface area contributed by atoms with E-state index < -0.39 is 5.66 Å². The lowest BCUT2D eigenvalue weighted by molar-refractivity contribution is -0.115. The van der Waals surface area contributed by atoms with Gasteiger partial charge in [0.05, 0.1) is 13.2 Å². The summed E-state index contributed by atoms with van der Waals surface area (Å²) in [7, 11) is 0. The molecule has 0 bridgehead atoms. The SMILES string of the molecule is CCOc1ccc(C(=O)N2CCC3(CC2)N=C(c2ccc(C)cc2)C(=O)N3)cc1OCC. The van der Waals surface area contributed by atoms with Crippen LogP contribution in [0.2, 0.25) is 0 Å². The van der Waals surface area contributed by atoms with Crippen LogP contribution in [-0.4, -0.2) is 54.4 Å². The quantitative estimate of drug-likeness (QED) is 0.755. The molecule has 1 N–H and O–H groups in total. The van der Waals surface area contributed by atoms with Gasteiger partial charge >= 0.3 is 0 Å². The Hall–Kier alpha value is -3.35. The number of carbonyl (C=O) groups is 2. The number of nitrogens with one attached hydrogen (secondary N) is 1. The van der Waals surface area contributed by atoms with Crippen LogP contribution in [0.4, 0.5) is 0 Å². The second-order valence-electron chi connectivity index (χ2n) is 8.13. The van der Waals surface area contributed by atoms with Crippen LogP contribution in [0.25, 0.3) is 0 Å². The third kappa shape index (κ3) is 4.33. The molecule has 7 nitrogen and oxygen atoms in total. The highest BCUT2D eigenvalue weighted by Crippen LogP contribution is 2.32. The monoisotopic (exact) mass is 435 g/mol. The number of likely N-dealkylation sites (tertiary alicyclic amines) is 1. The Morgan fingerprint density at radius 2 is 1.69 bits per heavy atom. The number of amides is 2. The van der Waals surface area contributed by atoms with E-state index in [2.05, 4.69) is 5.32 Å². The predicted octanol–water partition coefficient (Wildman–Crippen LogP) is 3.34. The summed E-state index contributed by atoms with van der Waals surface area (Å²) in [6.07, 6.45) is 1.16. The maximum absolute atomic E-state index is 13.1. The Bertz CT molecular complexity index is 1040. The average Bonchev–Trinajstić information content (AvgIpc) is 3.11. The molecule has 0 aliphatic carbocycles. The van der Waals surface area contributed by atoms with Crippen molar-refractivity contribution in [3.05, 3.63) is 59.2 Å². The van der Waals surface area contributed by atoms with Gasteiger partial charge in [0.1, 0.15) is 11.4 Å². The third-order valence-electron chi connectivity index (χ3n) is 5.88. The van der Waals surface area contributed by atoms with E-state index in [-0.39, 0.29) is 11.8 Å². The van der Waals surface area contributed by atoms with E-state index in [0.29, 0.717) is 61.9 Å². The number of hydrogen-bond donors (Lipinski definition) is 1. The number of benzene rings is 2. The first-order chi connectivity index (χ1) is 15.4. The van der Waals surface area contributed by atoms with E-state index in [1.165, 1.54) is 0 Å². The van der Waals surface area contributed by atoms with Gasteiger partial charge in [0.25, 0.3) is 11.8 Å². The molecule has 2 heterocycles. The third-order valence-corrected chi connectivity index (χ3v) is 5.88. The Balaban J connectivity index is 1.46. The number of aryl methyl sites for hydroxylation is 1. The van der Waals surface area contributed by atoms with Crippen molar-refractivity contribution in [1.82, 2.24) is 10.2 Å². The summed E-state index contributed by atoms with van der Waals surface area (Å²) in [5.41, 5.74) is 2.35. The lowest BCUT2D eigenvalue weighted by Gasteiger charge is -2.37. The molecule has 0 atom stereocenters. The van der Waals surface area contributed by atoms with Crippen LogP contribution >= 0.6 is 0 Å². The largest absolute Gasteiger partial charge is 0.490 e. The first kappa shape index (κ1) is 21.9. The summed E-state index contributed by atoms with van der Waals surface area (Å²) >= 11 is 0. The summed E-state index contributed by atoms with van der Waals surface area (Å²) in [6.45, 7) is 7.87. The molecule has 2 aromatic carbocycles. The topological polar surface area (TPSA) is 80.2 Å². The Labute approximate surface area is 188 Å². The second-order valence-corrected chi connectivity index (χ2v) is 8.13. The van der Waals surface area contributed by atoms with Gasteiger partial charge in [0.15, 0.2) is 11.5 Å². The van der Waals surface area contributed by atoms with Gasteiger partial charge in [-0.1, -0.05) is 29.8 Å². The van der Waals surface area contributed by atoms with Crippen molar-refractivity contribution >= 4 is 17.5 Å². The van der Waals surface area contributed by atoms with Crippen molar-refractivity contribution in [3.8, 4) is 11.5 Å². The number of ether oxygens (including phenoxy) is 2. The predicted molar refractivity (Wildman–Crippen MR) is 123 cm³/mol. The Morgan fingerprint density at radius 1 is 1.03 bits per heavy atom. The summed E-state index contributed by atoms with van der Waals surface area (Å²) in [5, 5.41) is 3.06. The van der Waals surface area contributed by atoms with Crippen molar-refractivity contribution in [2.45, 2.75) is 39.3 Å². The number of carbonyl (C=O) groups excluding carboxylic acids is 2. The molecule has 0 radical (unpaired) electrons. The average molecular weight is 436 g/mol. The van der Waals surface area contributed by atoms with Crippen LogP contribution in [0.1, 0.15) is 48.2 Å². The van der Waals surface area contributed by atoms with Crippen molar-refractivity contribution in [2.24, 2.45) is 4.99 Å². The van der Waals surface area contributed by atoms with Crippen LogP contribution < -0.4 is 14.8 Å². The van der Waals surface area contributed by atoms with E-state index in [9.17, 15) is 9.59 Å². The van der Waals surface area contributed by atoms with Gasteiger partial charge in [-0.25, -0.2) is 0 Å². The molecule has 1 saturated heterocycles. The maximum Gasteiger partial charge on any atom is 0.272 e. The zero-order chi connectivity index (χ0) is 22.7. The Morgan fingerprint density at radius 3 is 2.34 bits per heavy atom. The lowest BCUT2D eigenvalue weighted by atomic mass is 9.97. The fourth-order valence-electron chi connectivity index (χ4n) is 4.15. The molecule has 0 aromatic heterocycles. The van der Waals surface area contributed by atoms with Crippen molar-refractivity contribution < 1.29 is 19.1 Å². The van der Waals surface area contributed by atoms with Gasteiger partial charge in [-0.15, -0.1) is 0 Å². The van der Waals surface area contributed by atoms with E-state index in [1.807, 2.05) is 49.9 Å². The first-order valence-corrected chi connectivity index (χ1v) is 11.1. The minimum Gasteiger partial charge on any atom is -0.490 e. The summed E-state index contributed by atoms with van der Waals surface area (Å²) in [5.74, 6) is 0.997. The highest BCUT2D eigenvalue weighted by atomic mass is 16.5. The van der Waals surface area contributed by atoms with E-state index >= 15 is 0 Å². The van der Waals surface area contributed by atoms with Gasteiger partial charge in [0, 0.05) is 37.1 Å². The molecule has 32 heavy (non-hydrogen) atoms. The van der Waals surface area contributed by atoms with Crippen LogP contribution in [0.15, 0.2) is 47.5 Å². The number of piperidine rings is 1. The molecule has 0 unspecified atom stereocenters. The molecule has 168 valence electrons. The molecular weight excluding hydrogens is 406 g/mol. The minimum atomic E-state index is -0.636. The number of rotatable bonds is 6. The fourth-order valence-corrected chi connectivity index (χ4v) is 4.15. The van der Waals surface area contributed by atoms with E-state index in [1.54, 1.807) is 18.2 Å². The fraction of sp³-hybridized carbons (Fsp3) is 0.400. The number of hydrogen-bond acceptors (Lipinski definition) is 5. The molecule has 2 aliphatic rings. The summed E-state index contributed by atoms with van der Waals surface area (Å²) < 4.78 is 11.2. The molecule has 2 aromatic rings. The first-order valence-electron chi connectivity index (χ1n) is 11.1. The summed E-state index contributed by atoms with van der Waals surface area (Å²) in [6, 6.07) is 13.1. The lowest BCUT2D eigenvalue weighted by Crippen LogP contribution is -2.52. The summed E-state index contributed by atoms with van der Waals surface area (Å²) in [4.78, 5) is 32.3. The minimum absolute atomic E-state index is 0.0593. The molecule has 2 aliphatic heterocycles. The molecule has 1 spiro atoms. The van der Waals surface area contributed by atoms with Gasteiger partial charge < -0.3 is 19.7 Å².